The third kappa shape index (κ3) is 4.97. The molecule has 1 aliphatic heterocycles. The summed E-state index contributed by atoms with van der Waals surface area (Å²) in [6, 6.07) is 12.5. The van der Waals surface area contributed by atoms with Crippen LogP contribution in [0.1, 0.15) is 23.2 Å². The van der Waals surface area contributed by atoms with Crippen molar-refractivity contribution in [2.24, 2.45) is 0 Å². The van der Waals surface area contributed by atoms with E-state index in [1.165, 1.54) is 18.2 Å². The molecular weight excluding hydrogens is 349 g/mol. The summed E-state index contributed by atoms with van der Waals surface area (Å²) in [5.41, 5.74) is 0.967. The van der Waals surface area contributed by atoms with E-state index in [0.29, 0.717) is 42.9 Å². The number of hydrogen-bond acceptors (Lipinski definition) is 3. The van der Waals surface area contributed by atoms with Crippen LogP contribution in [0.15, 0.2) is 48.5 Å². The standard InChI is InChI=1S/C20H22FN3O3/c1-27-18-7-3-6-17(13-18)23-20(26)24-10-8-16(9-11-24)22-19(25)14-4-2-5-15(21)12-14/h2-7,12-13,16H,8-11H2,1H3,(H,22,25)(H,23,26). The van der Waals surface area contributed by atoms with Crippen LogP contribution < -0.4 is 15.4 Å². The largest absolute Gasteiger partial charge is 0.497 e. The minimum atomic E-state index is -0.438. The van der Waals surface area contributed by atoms with Gasteiger partial charge in [0.2, 0.25) is 0 Å². The van der Waals surface area contributed by atoms with Gasteiger partial charge in [0.25, 0.3) is 5.91 Å². The second kappa shape index (κ2) is 8.53. The maximum atomic E-state index is 13.2. The zero-order valence-corrected chi connectivity index (χ0v) is 15.1. The summed E-state index contributed by atoms with van der Waals surface area (Å²) in [5.74, 6) is -0.0629. The molecule has 0 unspecified atom stereocenters. The molecule has 0 spiro atoms. The highest BCUT2D eigenvalue weighted by Crippen LogP contribution is 2.18. The number of urea groups is 1. The van der Waals surface area contributed by atoms with E-state index in [1.807, 2.05) is 12.1 Å². The molecule has 0 bridgehead atoms. The Balaban J connectivity index is 1.49. The van der Waals surface area contributed by atoms with Crippen molar-refractivity contribution in [2.75, 3.05) is 25.5 Å². The van der Waals surface area contributed by atoms with Crippen LogP contribution in [0.5, 0.6) is 5.75 Å². The van der Waals surface area contributed by atoms with Crippen LogP contribution >= 0.6 is 0 Å². The molecule has 0 saturated carbocycles. The first-order valence-electron chi connectivity index (χ1n) is 8.81. The van der Waals surface area contributed by atoms with E-state index < -0.39 is 5.82 Å². The van der Waals surface area contributed by atoms with E-state index in [1.54, 1.807) is 30.2 Å². The summed E-state index contributed by atoms with van der Waals surface area (Å²) in [4.78, 5) is 26.3. The van der Waals surface area contributed by atoms with Gasteiger partial charge in [-0.25, -0.2) is 9.18 Å². The fourth-order valence-corrected chi connectivity index (χ4v) is 3.03. The molecule has 7 heteroatoms. The first-order valence-corrected chi connectivity index (χ1v) is 8.81. The number of amides is 3. The van der Waals surface area contributed by atoms with E-state index >= 15 is 0 Å². The predicted octanol–water partition coefficient (Wildman–Crippen LogP) is 3.26. The smallest absolute Gasteiger partial charge is 0.321 e. The molecule has 0 aliphatic carbocycles. The monoisotopic (exact) mass is 371 g/mol. The van der Waals surface area contributed by atoms with E-state index in [9.17, 15) is 14.0 Å². The molecule has 1 fully saturated rings. The highest BCUT2D eigenvalue weighted by atomic mass is 19.1. The van der Waals surface area contributed by atoms with Crippen LogP contribution in [0.25, 0.3) is 0 Å². The molecular formula is C20H22FN3O3. The van der Waals surface area contributed by atoms with Crippen molar-refractivity contribution >= 4 is 17.6 Å². The molecule has 3 amide bonds. The molecule has 0 radical (unpaired) electrons. The van der Waals surface area contributed by atoms with Crippen molar-refractivity contribution in [2.45, 2.75) is 18.9 Å². The summed E-state index contributed by atoms with van der Waals surface area (Å²) < 4.78 is 18.4. The number of benzene rings is 2. The number of rotatable bonds is 4. The lowest BCUT2D eigenvalue weighted by Crippen LogP contribution is -2.47. The van der Waals surface area contributed by atoms with Gasteiger partial charge in [-0.2, -0.15) is 0 Å². The van der Waals surface area contributed by atoms with Crippen molar-refractivity contribution in [3.63, 3.8) is 0 Å². The highest BCUT2D eigenvalue weighted by Gasteiger charge is 2.24. The summed E-state index contributed by atoms with van der Waals surface area (Å²) in [7, 11) is 1.57. The Morgan fingerprint density at radius 2 is 1.85 bits per heavy atom. The second-order valence-electron chi connectivity index (χ2n) is 6.41. The van der Waals surface area contributed by atoms with Gasteiger partial charge in [-0.1, -0.05) is 12.1 Å². The second-order valence-corrected chi connectivity index (χ2v) is 6.41. The SMILES string of the molecule is COc1cccc(NC(=O)N2CCC(NC(=O)c3cccc(F)c3)CC2)c1. The van der Waals surface area contributed by atoms with Crippen molar-refractivity contribution < 1.29 is 18.7 Å². The van der Waals surface area contributed by atoms with Gasteiger partial charge in [0, 0.05) is 36.4 Å². The van der Waals surface area contributed by atoms with Gasteiger partial charge in [0.15, 0.2) is 0 Å². The topological polar surface area (TPSA) is 70.7 Å². The predicted molar refractivity (Wildman–Crippen MR) is 100 cm³/mol. The highest BCUT2D eigenvalue weighted by molar-refractivity contribution is 5.94. The third-order valence-corrected chi connectivity index (χ3v) is 4.53. The number of methoxy groups -OCH3 is 1. The lowest BCUT2D eigenvalue weighted by molar-refractivity contribution is 0.0919. The van der Waals surface area contributed by atoms with Crippen molar-refractivity contribution in [1.82, 2.24) is 10.2 Å². The zero-order chi connectivity index (χ0) is 19.2. The van der Waals surface area contributed by atoms with Gasteiger partial charge < -0.3 is 20.3 Å². The van der Waals surface area contributed by atoms with Gasteiger partial charge in [-0.3, -0.25) is 4.79 Å². The van der Waals surface area contributed by atoms with Gasteiger partial charge >= 0.3 is 6.03 Å². The van der Waals surface area contributed by atoms with Crippen LogP contribution in [0.3, 0.4) is 0 Å². The minimum Gasteiger partial charge on any atom is -0.497 e. The van der Waals surface area contributed by atoms with Gasteiger partial charge in [-0.05, 0) is 43.2 Å². The molecule has 1 saturated heterocycles. The number of carbonyl (C=O) groups is 2. The number of likely N-dealkylation sites (tertiary alicyclic amines) is 1. The summed E-state index contributed by atoms with van der Waals surface area (Å²) >= 11 is 0. The first-order chi connectivity index (χ1) is 13.0. The quantitative estimate of drug-likeness (QED) is 0.867. The van der Waals surface area contributed by atoms with Crippen LogP contribution in [-0.2, 0) is 0 Å². The van der Waals surface area contributed by atoms with E-state index in [-0.39, 0.29) is 18.0 Å². The molecule has 142 valence electrons. The van der Waals surface area contributed by atoms with Gasteiger partial charge in [0.1, 0.15) is 11.6 Å². The molecule has 2 aromatic carbocycles. The van der Waals surface area contributed by atoms with Crippen LogP contribution in [0.4, 0.5) is 14.9 Å². The molecule has 1 heterocycles. The Morgan fingerprint density at radius 3 is 2.56 bits per heavy atom. The number of halogens is 1. The Morgan fingerprint density at radius 1 is 1.11 bits per heavy atom. The Bertz CT molecular complexity index is 820. The summed E-state index contributed by atoms with van der Waals surface area (Å²) in [6.45, 7) is 1.06. The third-order valence-electron chi connectivity index (χ3n) is 4.53. The van der Waals surface area contributed by atoms with Crippen LogP contribution in [0.2, 0.25) is 0 Å². The Hall–Kier alpha value is -3.09. The lowest BCUT2D eigenvalue weighted by atomic mass is 10.0. The molecule has 2 N–H and O–H groups in total. The molecule has 27 heavy (non-hydrogen) atoms. The average Bonchev–Trinajstić information content (AvgIpc) is 2.68. The number of nitrogens with one attached hydrogen (secondary N) is 2. The van der Waals surface area contributed by atoms with E-state index in [0.717, 1.165) is 0 Å². The number of nitrogens with zero attached hydrogens (tertiary/aromatic N) is 1. The number of anilines is 1. The number of ether oxygens (including phenoxy) is 1. The van der Waals surface area contributed by atoms with E-state index in [2.05, 4.69) is 10.6 Å². The normalized spacial score (nSPS) is 14.5. The molecule has 0 aromatic heterocycles. The maximum absolute atomic E-state index is 13.2. The number of hydrogen-bond donors (Lipinski definition) is 2. The molecule has 3 rings (SSSR count). The fourth-order valence-electron chi connectivity index (χ4n) is 3.03. The van der Waals surface area contributed by atoms with E-state index in [4.69, 9.17) is 4.74 Å². The Labute approximate surface area is 157 Å². The summed E-state index contributed by atoms with van der Waals surface area (Å²) in [5, 5.41) is 5.76. The van der Waals surface area contributed by atoms with Gasteiger partial charge in [0.05, 0.1) is 7.11 Å². The van der Waals surface area contributed by atoms with Crippen LogP contribution in [0, 0.1) is 5.82 Å². The first kappa shape index (κ1) is 18.7. The lowest BCUT2D eigenvalue weighted by Gasteiger charge is -2.32. The van der Waals surface area contributed by atoms with Crippen molar-refractivity contribution in [1.29, 1.82) is 0 Å². The molecule has 2 aromatic rings. The molecule has 6 nitrogen and oxygen atoms in total. The number of carbonyl (C=O) groups excluding carboxylic acids is 2. The number of piperidine rings is 1. The van der Waals surface area contributed by atoms with Gasteiger partial charge in [-0.15, -0.1) is 0 Å². The zero-order valence-electron chi connectivity index (χ0n) is 15.1. The maximum Gasteiger partial charge on any atom is 0.321 e. The van der Waals surface area contributed by atoms with Crippen LogP contribution in [-0.4, -0.2) is 43.1 Å². The summed E-state index contributed by atoms with van der Waals surface area (Å²) in [6.07, 6.45) is 1.29. The molecule has 0 atom stereocenters. The Kier molecular flexibility index (Phi) is 5.90. The van der Waals surface area contributed by atoms with Crippen molar-refractivity contribution in [3.8, 4) is 5.75 Å². The fraction of sp³-hybridized carbons (Fsp3) is 0.300. The average molecular weight is 371 g/mol. The minimum absolute atomic E-state index is 0.0402. The molecule has 1 aliphatic rings. The van der Waals surface area contributed by atoms with Crippen molar-refractivity contribution in [3.05, 3.63) is 59.9 Å².